The lowest BCUT2D eigenvalue weighted by molar-refractivity contribution is 0.331. The highest BCUT2D eigenvalue weighted by atomic mass is 15.1. The van der Waals surface area contributed by atoms with Gasteiger partial charge in [0.25, 0.3) is 0 Å². The average Bonchev–Trinajstić information content (AvgIpc) is 2.84. The van der Waals surface area contributed by atoms with Crippen molar-refractivity contribution in [3.05, 3.63) is 35.4 Å². The summed E-state index contributed by atoms with van der Waals surface area (Å²) in [5.41, 5.74) is 8.46. The molecule has 1 unspecified atom stereocenters. The largest absolute Gasteiger partial charge is 0.327 e. The fourth-order valence-electron chi connectivity index (χ4n) is 2.41. The number of likely N-dealkylation sites (tertiary alicyclic amines) is 1. The molecule has 1 aliphatic rings. The van der Waals surface area contributed by atoms with Gasteiger partial charge in [0.05, 0.1) is 0 Å². The molecule has 0 saturated carbocycles. The highest BCUT2D eigenvalue weighted by Gasteiger charge is 2.11. The van der Waals surface area contributed by atoms with Crippen molar-refractivity contribution in [3.63, 3.8) is 0 Å². The first-order valence-electron chi connectivity index (χ1n) is 7.00. The SMILES string of the molecule is CC(N)CNCc1ccc(CN2CCCC2)cc1. The van der Waals surface area contributed by atoms with Gasteiger partial charge in [-0.15, -0.1) is 0 Å². The minimum atomic E-state index is 0.222. The van der Waals surface area contributed by atoms with E-state index in [4.69, 9.17) is 5.73 Å². The zero-order valence-corrected chi connectivity index (χ0v) is 11.4. The molecule has 0 aliphatic carbocycles. The third-order valence-corrected chi connectivity index (χ3v) is 3.42. The van der Waals surface area contributed by atoms with E-state index in [1.165, 1.54) is 37.1 Å². The van der Waals surface area contributed by atoms with E-state index in [2.05, 4.69) is 34.5 Å². The summed E-state index contributed by atoms with van der Waals surface area (Å²) in [5, 5.41) is 3.36. The van der Waals surface area contributed by atoms with Crippen LogP contribution in [0.4, 0.5) is 0 Å². The van der Waals surface area contributed by atoms with Gasteiger partial charge in [-0.3, -0.25) is 4.90 Å². The quantitative estimate of drug-likeness (QED) is 0.804. The van der Waals surface area contributed by atoms with Crippen molar-refractivity contribution < 1.29 is 0 Å². The van der Waals surface area contributed by atoms with Gasteiger partial charge >= 0.3 is 0 Å². The first-order chi connectivity index (χ1) is 8.74. The molecule has 1 aromatic carbocycles. The lowest BCUT2D eigenvalue weighted by atomic mass is 10.1. The summed E-state index contributed by atoms with van der Waals surface area (Å²) in [6.45, 7) is 7.43. The Morgan fingerprint density at radius 3 is 2.39 bits per heavy atom. The van der Waals surface area contributed by atoms with Crippen molar-refractivity contribution in [2.24, 2.45) is 5.73 Å². The topological polar surface area (TPSA) is 41.3 Å². The van der Waals surface area contributed by atoms with Gasteiger partial charge in [-0.2, -0.15) is 0 Å². The molecule has 1 aliphatic heterocycles. The van der Waals surface area contributed by atoms with E-state index in [0.717, 1.165) is 19.6 Å². The van der Waals surface area contributed by atoms with E-state index < -0.39 is 0 Å². The molecule has 100 valence electrons. The fourth-order valence-corrected chi connectivity index (χ4v) is 2.41. The molecule has 3 N–H and O–H groups in total. The molecule has 1 heterocycles. The second kappa shape index (κ2) is 6.88. The lowest BCUT2D eigenvalue weighted by Gasteiger charge is -2.14. The highest BCUT2D eigenvalue weighted by molar-refractivity contribution is 5.22. The van der Waals surface area contributed by atoms with Crippen LogP contribution in [0.25, 0.3) is 0 Å². The molecule has 1 aromatic rings. The Bertz CT molecular complexity index is 339. The third kappa shape index (κ3) is 4.41. The zero-order chi connectivity index (χ0) is 12.8. The van der Waals surface area contributed by atoms with E-state index >= 15 is 0 Å². The standard InChI is InChI=1S/C15H25N3/c1-13(16)10-17-11-14-4-6-15(7-5-14)12-18-8-2-3-9-18/h4-7,13,17H,2-3,8-12,16H2,1H3. The molecule has 2 rings (SSSR count). The number of hydrogen-bond acceptors (Lipinski definition) is 3. The Morgan fingerprint density at radius 2 is 1.78 bits per heavy atom. The van der Waals surface area contributed by atoms with Gasteiger partial charge in [-0.05, 0) is 44.0 Å². The van der Waals surface area contributed by atoms with Crippen LogP contribution < -0.4 is 11.1 Å². The van der Waals surface area contributed by atoms with E-state index in [0.29, 0.717) is 0 Å². The Balaban J connectivity index is 1.77. The van der Waals surface area contributed by atoms with Crippen LogP contribution in [0.1, 0.15) is 30.9 Å². The second-order valence-corrected chi connectivity index (χ2v) is 5.41. The molecule has 1 fully saturated rings. The number of nitrogens with two attached hydrogens (primary N) is 1. The Kier molecular flexibility index (Phi) is 5.17. The van der Waals surface area contributed by atoms with Crippen molar-refractivity contribution in [1.29, 1.82) is 0 Å². The summed E-state index contributed by atoms with van der Waals surface area (Å²) in [7, 11) is 0. The fraction of sp³-hybridized carbons (Fsp3) is 0.600. The number of rotatable bonds is 6. The number of nitrogens with one attached hydrogen (secondary N) is 1. The predicted molar refractivity (Wildman–Crippen MR) is 76.3 cm³/mol. The third-order valence-electron chi connectivity index (χ3n) is 3.42. The van der Waals surface area contributed by atoms with Gasteiger partial charge in [0, 0.05) is 25.7 Å². The molecule has 18 heavy (non-hydrogen) atoms. The van der Waals surface area contributed by atoms with E-state index in [1.807, 2.05) is 6.92 Å². The van der Waals surface area contributed by atoms with Crippen molar-refractivity contribution in [2.45, 2.75) is 38.9 Å². The smallest absolute Gasteiger partial charge is 0.0233 e. The van der Waals surface area contributed by atoms with Gasteiger partial charge in [-0.25, -0.2) is 0 Å². The molecular formula is C15H25N3. The zero-order valence-electron chi connectivity index (χ0n) is 11.4. The van der Waals surface area contributed by atoms with Gasteiger partial charge in [-0.1, -0.05) is 24.3 Å². The number of nitrogens with zero attached hydrogens (tertiary/aromatic N) is 1. The number of benzene rings is 1. The molecule has 3 nitrogen and oxygen atoms in total. The van der Waals surface area contributed by atoms with Crippen LogP contribution in [0.15, 0.2) is 24.3 Å². The Morgan fingerprint density at radius 1 is 1.17 bits per heavy atom. The normalized spacial score (nSPS) is 18.1. The summed E-state index contributed by atoms with van der Waals surface area (Å²) >= 11 is 0. The summed E-state index contributed by atoms with van der Waals surface area (Å²) in [6.07, 6.45) is 2.72. The van der Waals surface area contributed by atoms with E-state index in [-0.39, 0.29) is 6.04 Å². The maximum Gasteiger partial charge on any atom is 0.0233 e. The minimum Gasteiger partial charge on any atom is -0.327 e. The summed E-state index contributed by atoms with van der Waals surface area (Å²) in [4.78, 5) is 2.53. The first-order valence-corrected chi connectivity index (χ1v) is 7.00. The molecule has 0 radical (unpaired) electrons. The van der Waals surface area contributed by atoms with Crippen molar-refractivity contribution >= 4 is 0 Å². The minimum absolute atomic E-state index is 0.222. The van der Waals surface area contributed by atoms with Crippen molar-refractivity contribution in [3.8, 4) is 0 Å². The molecule has 0 bridgehead atoms. The molecule has 1 saturated heterocycles. The highest BCUT2D eigenvalue weighted by Crippen LogP contribution is 2.13. The lowest BCUT2D eigenvalue weighted by Crippen LogP contribution is -2.30. The van der Waals surface area contributed by atoms with Crippen LogP contribution in [0, 0.1) is 0 Å². The van der Waals surface area contributed by atoms with E-state index in [1.54, 1.807) is 0 Å². The van der Waals surface area contributed by atoms with Gasteiger partial charge in [0.1, 0.15) is 0 Å². The van der Waals surface area contributed by atoms with Crippen LogP contribution in [0.5, 0.6) is 0 Å². The monoisotopic (exact) mass is 247 g/mol. The molecule has 3 heteroatoms. The molecule has 1 atom stereocenters. The van der Waals surface area contributed by atoms with Crippen molar-refractivity contribution in [1.82, 2.24) is 10.2 Å². The van der Waals surface area contributed by atoms with Gasteiger partial charge < -0.3 is 11.1 Å². The van der Waals surface area contributed by atoms with E-state index in [9.17, 15) is 0 Å². The average molecular weight is 247 g/mol. The molecule has 0 amide bonds. The first kappa shape index (κ1) is 13.5. The second-order valence-electron chi connectivity index (χ2n) is 5.41. The van der Waals surface area contributed by atoms with Crippen LogP contribution in [0.3, 0.4) is 0 Å². The summed E-state index contributed by atoms with van der Waals surface area (Å²) < 4.78 is 0. The maximum atomic E-state index is 5.70. The van der Waals surface area contributed by atoms with Crippen LogP contribution in [0.2, 0.25) is 0 Å². The van der Waals surface area contributed by atoms with Crippen LogP contribution >= 0.6 is 0 Å². The number of hydrogen-bond donors (Lipinski definition) is 2. The Labute approximate surface area is 110 Å². The summed E-state index contributed by atoms with van der Waals surface area (Å²) in [6, 6.07) is 9.17. The molecular weight excluding hydrogens is 222 g/mol. The molecule has 0 spiro atoms. The van der Waals surface area contributed by atoms with Crippen LogP contribution in [-0.4, -0.2) is 30.6 Å². The summed E-state index contributed by atoms with van der Waals surface area (Å²) in [5.74, 6) is 0. The van der Waals surface area contributed by atoms with Gasteiger partial charge in [0.2, 0.25) is 0 Å². The van der Waals surface area contributed by atoms with Gasteiger partial charge in [0.15, 0.2) is 0 Å². The van der Waals surface area contributed by atoms with Crippen LogP contribution in [-0.2, 0) is 13.1 Å². The van der Waals surface area contributed by atoms with Crippen molar-refractivity contribution in [2.75, 3.05) is 19.6 Å². The Hall–Kier alpha value is -0.900. The molecule has 0 aromatic heterocycles. The predicted octanol–water partition coefficient (Wildman–Crippen LogP) is 1.72. The maximum absolute atomic E-state index is 5.70.